The van der Waals surface area contributed by atoms with Crippen molar-refractivity contribution in [1.29, 1.82) is 0 Å². The minimum absolute atomic E-state index is 0.00733. The highest BCUT2D eigenvalue weighted by Gasteiger charge is 2.38. The lowest BCUT2D eigenvalue weighted by Crippen LogP contribution is -2.46. The first-order valence-electron chi connectivity index (χ1n) is 7.83. The van der Waals surface area contributed by atoms with Gasteiger partial charge in [-0.05, 0) is 43.7 Å². The zero-order valence-electron chi connectivity index (χ0n) is 12.4. The van der Waals surface area contributed by atoms with Crippen molar-refractivity contribution in [3.8, 4) is 5.88 Å². The van der Waals surface area contributed by atoms with Crippen LogP contribution in [0.1, 0.15) is 42.5 Å². The largest absolute Gasteiger partial charge is 0.471 e. The van der Waals surface area contributed by atoms with Gasteiger partial charge in [0.25, 0.3) is 12.3 Å². The molecule has 1 saturated carbocycles. The maximum absolute atomic E-state index is 12.8. The predicted octanol–water partition coefficient (Wildman–Crippen LogP) is 3.13. The van der Waals surface area contributed by atoms with E-state index in [0.29, 0.717) is 5.92 Å². The number of aromatic nitrogens is 1. The summed E-state index contributed by atoms with van der Waals surface area (Å²) in [6.45, 7) is -0.0213. The molecule has 0 spiro atoms. The summed E-state index contributed by atoms with van der Waals surface area (Å²) in [5.41, 5.74) is 0.288. The minimum Gasteiger partial charge on any atom is -0.471 e. The Labute approximate surface area is 128 Å². The Morgan fingerprint density at radius 2 is 2.18 bits per heavy atom. The quantitative estimate of drug-likeness (QED) is 0.858. The molecule has 22 heavy (non-hydrogen) atoms. The zero-order chi connectivity index (χ0) is 15.5. The smallest absolute Gasteiger partial charge is 0.272 e. The van der Waals surface area contributed by atoms with E-state index in [2.05, 4.69) is 4.98 Å². The monoisotopic (exact) mass is 310 g/mol. The van der Waals surface area contributed by atoms with Gasteiger partial charge in [-0.1, -0.05) is 6.42 Å². The van der Waals surface area contributed by atoms with Crippen molar-refractivity contribution < 1.29 is 18.3 Å². The summed E-state index contributed by atoms with van der Waals surface area (Å²) >= 11 is 0. The van der Waals surface area contributed by atoms with Gasteiger partial charge in [0, 0.05) is 18.8 Å². The number of carbonyl (C=O) groups excluding carboxylic acids is 1. The summed E-state index contributed by atoms with van der Waals surface area (Å²) in [5.74, 6) is 0.446. The molecule has 1 amide bonds. The predicted molar refractivity (Wildman–Crippen MR) is 77.1 cm³/mol. The maximum atomic E-state index is 12.8. The summed E-state index contributed by atoms with van der Waals surface area (Å²) in [6, 6.07) is 3.53. The van der Waals surface area contributed by atoms with Crippen LogP contribution in [-0.2, 0) is 0 Å². The lowest BCUT2D eigenvalue weighted by Gasteiger charge is -2.38. The SMILES string of the molecule is O=C(c1cccnc1OCC(F)F)N1CCC[C@@H]2CCC[C@@H]21. The van der Waals surface area contributed by atoms with Crippen LogP contribution in [0.2, 0.25) is 0 Å². The molecular weight excluding hydrogens is 290 g/mol. The molecule has 1 aliphatic carbocycles. The molecule has 4 nitrogen and oxygen atoms in total. The second-order valence-corrected chi connectivity index (χ2v) is 5.96. The number of likely N-dealkylation sites (tertiary alicyclic amines) is 1. The van der Waals surface area contributed by atoms with Crippen molar-refractivity contribution in [3.05, 3.63) is 23.9 Å². The number of alkyl halides is 2. The maximum Gasteiger partial charge on any atom is 0.272 e. The second-order valence-electron chi connectivity index (χ2n) is 5.96. The summed E-state index contributed by atoms with van der Waals surface area (Å²) < 4.78 is 29.7. The van der Waals surface area contributed by atoms with Crippen LogP contribution >= 0.6 is 0 Å². The Bertz CT molecular complexity index is 539. The molecule has 1 saturated heterocycles. The molecular formula is C16H20F2N2O2. The van der Waals surface area contributed by atoms with E-state index >= 15 is 0 Å². The molecule has 2 fully saturated rings. The van der Waals surface area contributed by atoms with Gasteiger partial charge in [0.05, 0.1) is 0 Å². The molecule has 3 rings (SSSR count). The number of hydrogen-bond donors (Lipinski definition) is 0. The van der Waals surface area contributed by atoms with E-state index in [1.54, 1.807) is 12.1 Å². The Balaban J connectivity index is 1.79. The van der Waals surface area contributed by atoms with E-state index < -0.39 is 13.0 Å². The van der Waals surface area contributed by atoms with E-state index in [0.717, 1.165) is 25.8 Å². The van der Waals surface area contributed by atoms with Gasteiger partial charge >= 0.3 is 0 Å². The van der Waals surface area contributed by atoms with Crippen molar-refractivity contribution in [1.82, 2.24) is 9.88 Å². The number of halogens is 2. The average molecular weight is 310 g/mol. The first-order chi connectivity index (χ1) is 10.7. The Morgan fingerprint density at radius 3 is 3.00 bits per heavy atom. The fourth-order valence-electron chi connectivity index (χ4n) is 3.67. The minimum atomic E-state index is -2.58. The standard InChI is InChI=1S/C16H20F2N2O2/c17-14(18)10-22-15-12(6-2-8-19-15)16(21)20-9-3-5-11-4-1-7-13(11)20/h2,6,8,11,13-14H,1,3-5,7,9-10H2/t11-,13-/m0/s1. The first-order valence-corrected chi connectivity index (χ1v) is 7.83. The molecule has 2 aliphatic rings. The summed E-state index contributed by atoms with van der Waals surface area (Å²) in [5, 5.41) is 0. The van der Waals surface area contributed by atoms with Crippen molar-refractivity contribution in [3.63, 3.8) is 0 Å². The van der Waals surface area contributed by atoms with Gasteiger partial charge in [0.15, 0.2) is 6.61 Å². The van der Waals surface area contributed by atoms with Crippen LogP contribution in [0.3, 0.4) is 0 Å². The van der Waals surface area contributed by atoms with Gasteiger partial charge in [-0.2, -0.15) is 0 Å². The number of carbonyl (C=O) groups is 1. The van der Waals surface area contributed by atoms with E-state index in [9.17, 15) is 13.6 Å². The van der Waals surface area contributed by atoms with Crippen molar-refractivity contribution in [2.24, 2.45) is 5.92 Å². The highest BCUT2D eigenvalue weighted by molar-refractivity contribution is 5.96. The van der Waals surface area contributed by atoms with Crippen molar-refractivity contribution in [2.75, 3.05) is 13.2 Å². The Hall–Kier alpha value is -1.72. The van der Waals surface area contributed by atoms with Crippen LogP contribution < -0.4 is 4.74 Å². The molecule has 0 radical (unpaired) electrons. The van der Waals surface area contributed by atoms with Gasteiger partial charge < -0.3 is 9.64 Å². The lowest BCUT2D eigenvalue weighted by atomic mass is 9.91. The van der Waals surface area contributed by atoms with E-state index in [4.69, 9.17) is 4.74 Å². The van der Waals surface area contributed by atoms with E-state index in [1.165, 1.54) is 19.0 Å². The van der Waals surface area contributed by atoms with Crippen LogP contribution in [0.4, 0.5) is 8.78 Å². The number of hydrogen-bond acceptors (Lipinski definition) is 3. The Morgan fingerprint density at radius 1 is 1.36 bits per heavy atom. The van der Waals surface area contributed by atoms with Crippen LogP contribution in [0, 0.1) is 5.92 Å². The molecule has 1 aromatic rings. The molecule has 2 heterocycles. The zero-order valence-corrected chi connectivity index (χ0v) is 12.4. The molecule has 0 unspecified atom stereocenters. The van der Waals surface area contributed by atoms with Gasteiger partial charge in [-0.15, -0.1) is 0 Å². The fourth-order valence-corrected chi connectivity index (χ4v) is 3.67. The number of fused-ring (bicyclic) bond motifs is 1. The third-order valence-corrected chi connectivity index (χ3v) is 4.60. The van der Waals surface area contributed by atoms with Gasteiger partial charge in [0.2, 0.25) is 5.88 Å². The highest BCUT2D eigenvalue weighted by Crippen LogP contribution is 2.37. The molecule has 1 aromatic heterocycles. The Kier molecular flexibility index (Phi) is 4.55. The average Bonchev–Trinajstić information content (AvgIpc) is 3.01. The highest BCUT2D eigenvalue weighted by atomic mass is 19.3. The molecule has 0 aromatic carbocycles. The van der Waals surface area contributed by atoms with Crippen molar-refractivity contribution in [2.45, 2.75) is 44.6 Å². The lowest BCUT2D eigenvalue weighted by molar-refractivity contribution is 0.0528. The topological polar surface area (TPSA) is 42.4 Å². The number of nitrogens with zero attached hydrogens (tertiary/aromatic N) is 2. The number of ether oxygens (including phenoxy) is 1. The van der Waals surface area contributed by atoms with Crippen LogP contribution in [-0.4, -0.2) is 41.4 Å². The second kappa shape index (κ2) is 6.58. The summed E-state index contributed by atoms with van der Waals surface area (Å²) in [6.07, 6.45) is 4.41. The summed E-state index contributed by atoms with van der Waals surface area (Å²) in [4.78, 5) is 18.7. The summed E-state index contributed by atoms with van der Waals surface area (Å²) in [7, 11) is 0. The number of pyridine rings is 1. The molecule has 120 valence electrons. The molecule has 0 bridgehead atoms. The molecule has 6 heteroatoms. The number of rotatable bonds is 4. The van der Waals surface area contributed by atoms with Crippen LogP contribution in [0.25, 0.3) is 0 Å². The van der Waals surface area contributed by atoms with Gasteiger partial charge in [-0.25, -0.2) is 13.8 Å². The van der Waals surface area contributed by atoms with Crippen molar-refractivity contribution >= 4 is 5.91 Å². The molecule has 2 atom stereocenters. The van der Waals surface area contributed by atoms with Crippen LogP contribution in [0.15, 0.2) is 18.3 Å². The third kappa shape index (κ3) is 3.05. The fraction of sp³-hybridized carbons (Fsp3) is 0.625. The number of amides is 1. The van der Waals surface area contributed by atoms with Gasteiger partial charge in [0.1, 0.15) is 5.56 Å². The normalized spacial score (nSPS) is 24.4. The molecule has 1 aliphatic heterocycles. The van der Waals surface area contributed by atoms with E-state index in [-0.39, 0.29) is 23.4 Å². The van der Waals surface area contributed by atoms with Gasteiger partial charge in [-0.3, -0.25) is 4.79 Å². The number of piperidine rings is 1. The van der Waals surface area contributed by atoms with E-state index in [1.807, 2.05) is 4.90 Å². The van der Waals surface area contributed by atoms with Crippen LogP contribution in [0.5, 0.6) is 5.88 Å². The third-order valence-electron chi connectivity index (χ3n) is 4.60. The first kappa shape index (κ1) is 15.2. The molecule has 0 N–H and O–H groups in total.